The molecule has 1 aromatic heterocycles. The molecule has 6 rings (SSSR count). The van der Waals surface area contributed by atoms with Crippen molar-refractivity contribution in [2.75, 3.05) is 25.0 Å². The van der Waals surface area contributed by atoms with Gasteiger partial charge in [-0.1, -0.05) is 54.1 Å². The minimum absolute atomic E-state index is 0.113. The Bertz CT molecular complexity index is 1330. The van der Waals surface area contributed by atoms with Crippen molar-refractivity contribution in [1.82, 2.24) is 19.7 Å². The number of carbonyl (C=O) groups excluding carboxylic acids is 3. The molecule has 36 heavy (non-hydrogen) atoms. The molecule has 2 saturated heterocycles. The molecule has 2 aromatic carbocycles. The number of fused-ring (bicyclic) bond motifs is 1. The number of nitrogens with one attached hydrogen (secondary N) is 1. The van der Waals surface area contributed by atoms with Crippen molar-refractivity contribution in [3.05, 3.63) is 83.5 Å². The summed E-state index contributed by atoms with van der Waals surface area (Å²) in [5.74, 6) is -0.0408. The highest BCUT2D eigenvalue weighted by Gasteiger charge is 2.56. The van der Waals surface area contributed by atoms with Crippen LogP contribution in [0.4, 0.5) is 15.3 Å². The molecule has 5 amide bonds. The average Bonchev–Trinajstić information content (AvgIpc) is 3.65. The maximum Gasteiger partial charge on any atom is 0.327 e. The number of pyridine rings is 1. The summed E-state index contributed by atoms with van der Waals surface area (Å²) >= 11 is 6.01. The zero-order valence-corrected chi connectivity index (χ0v) is 20.1. The summed E-state index contributed by atoms with van der Waals surface area (Å²) in [6, 6.07) is 19.4. The van der Waals surface area contributed by atoms with Crippen LogP contribution in [0.15, 0.2) is 72.9 Å². The normalized spacial score (nSPS) is 23.0. The molecule has 3 aliphatic rings. The van der Waals surface area contributed by atoms with Gasteiger partial charge in [0.1, 0.15) is 6.04 Å². The predicted molar refractivity (Wildman–Crippen MR) is 136 cm³/mol. The summed E-state index contributed by atoms with van der Waals surface area (Å²) in [6.45, 7) is 0.823. The Kier molecular flexibility index (Phi) is 5.60. The molecule has 1 aliphatic carbocycles. The van der Waals surface area contributed by atoms with Gasteiger partial charge >= 0.3 is 12.1 Å². The van der Waals surface area contributed by atoms with Crippen molar-refractivity contribution in [3.63, 3.8) is 0 Å². The summed E-state index contributed by atoms with van der Waals surface area (Å²) in [6.07, 6.45) is 2.44. The first-order valence-electron chi connectivity index (χ1n) is 12.0. The van der Waals surface area contributed by atoms with Crippen LogP contribution < -0.4 is 5.32 Å². The first-order valence-corrected chi connectivity index (χ1v) is 12.3. The molecule has 3 atom stereocenters. The number of rotatable bonds is 4. The first kappa shape index (κ1) is 22.5. The van der Waals surface area contributed by atoms with Gasteiger partial charge in [0.25, 0.3) is 5.91 Å². The quantitative estimate of drug-likeness (QED) is 0.535. The van der Waals surface area contributed by atoms with Gasteiger partial charge in [-0.15, -0.1) is 0 Å². The van der Waals surface area contributed by atoms with Crippen molar-refractivity contribution in [2.45, 2.75) is 24.4 Å². The Balaban J connectivity index is 1.15. The first-order chi connectivity index (χ1) is 17.5. The lowest BCUT2D eigenvalue weighted by atomic mass is 10.1. The maximum atomic E-state index is 13.3. The monoisotopic (exact) mass is 501 g/mol. The van der Waals surface area contributed by atoms with Gasteiger partial charge in [0.15, 0.2) is 0 Å². The Labute approximate surface area is 213 Å². The van der Waals surface area contributed by atoms with E-state index in [2.05, 4.69) is 10.3 Å². The molecule has 3 aromatic rings. The van der Waals surface area contributed by atoms with Crippen LogP contribution in [0.3, 0.4) is 0 Å². The van der Waals surface area contributed by atoms with E-state index in [1.807, 2.05) is 42.5 Å². The Morgan fingerprint density at radius 1 is 0.972 bits per heavy atom. The minimum Gasteiger partial charge on any atom is -0.320 e. The van der Waals surface area contributed by atoms with E-state index in [1.165, 1.54) is 4.90 Å². The van der Waals surface area contributed by atoms with E-state index in [0.717, 1.165) is 17.5 Å². The molecule has 1 saturated carbocycles. The smallest absolute Gasteiger partial charge is 0.320 e. The summed E-state index contributed by atoms with van der Waals surface area (Å²) in [5, 5.41) is 3.55. The number of benzene rings is 2. The fraction of sp³-hybridized carbons (Fsp3) is 0.259. The molecule has 0 bridgehead atoms. The third kappa shape index (κ3) is 3.97. The van der Waals surface area contributed by atoms with Crippen LogP contribution in [-0.4, -0.2) is 69.4 Å². The van der Waals surface area contributed by atoms with Gasteiger partial charge < -0.3 is 15.1 Å². The molecule has 0 radical (unpaired) electrons. The highest BCUT2D eigenvalue weighted by molar-refractivity contribution is 6.30. The third-order valence-electron chi connectivity index (χ3n) is 7.12. The van der Waals surface area contributed by atoms with E-state index >= 15 is 0 Å². The molecule has 2 aliphatic heterocycles. The lowest BCUT2D eigenvalue weighted by molar-refractivity contribution is -0.129. The number of hydrogen-bond donors (Lipinski definition) is 1. The van der Waals surface area contributed by atoms with E-state index < -0.39 is 6.04 Å². The highest BCUT2D eigenvalue weighted by Crippen LogP contribution is 2.46. The number of imide groups is 1. The van der Waals surface area contributed by atoms with Crippen LogP contribution >= 0.6 is 11.6 Å². The number of aromatic nitrogens is 1. The fourth-order valence-electron chi connectivity index (χ4n) is 5.17. The SMILES string of the molecule is O=C(Nc1cccnc1-c1ccc(Cl)cc1)N1CCN2C(=O)N(C3CC3c3ccccc3)C(=O)C2C1. The van der Waals surface area contributed by atoms with Crippen molar-refractivity contribution >= 4 is 35.3 Å². The zero-order valence-electron chi connectivity index (χ0n) is 19.4. The van der Waals surface area contributed by atoms with Crippen LogP contribution in [-0.2, 0) is 4.79 Å². The molecule has 3 unspecified atom stereocenters. The summed E-state index contributed by atoms with van der Waals surface area (Å²) in [5.41, 5.74) is 3.15. The molecule has 3 fully saturated rings. The second-order valence-corrected chi connectivity index (χ2v) is 9.74. The van der Waals surface area contributed by atoms with Crippen LogP contribution in [0.1, 0.15) is 17.9 Å². The van der Waals surface area contributed by atoms with Crippen LogP contribution in [0.25, 0.3) is 11.3 Å². The number of nitrogens with zero attached hydrogens (tertiary/aromatic N) is 4. The summed E-state index contributed by atoms with van der Waals surface area (Å²) in [7, 11) is 0. The van der Waals surface area contributed by atoms with Gasteiger partial charge in [0.05, 0.1) is 17.9 Å². The van der Waals surface area contributed by atoms with Crippen molar-refractivity contribution in [2.24, 2.45) is 0 Å². The van der Waals surface area contributed by atoms with Gasteiger partial charge in [-0.05, 0) is 36.2 Å². The topological polar surface area (TPSA) is 85.8 Å². The van der Waals surface area contributed by atoms with Gasteiger partial charge in [-0.2, -0.15) is 0 Å². The largest absolute Gasteiger partial charge is 0.327 e. The lowest BCUT2D eigenvalue weighted by Gasteiger charge is -2.35. The number of carbonyl (C=O) groups is 3. The fourth-order valence-corrected chi connectivity index (χ4v) is 5.30. The van der Waals surface area contributed by atoms with Gasteiger partial charge in [-0.25, -0.2) is 9.59 Å². The second kappa shape index (κ2) is 8.95. The minimum atomic E-state index is -0.654. The third-order valence-corrected chi connectivity index (χ3v) is 7.38. The van der Waals surface area contributed by atoms with E-state index in [1.54, 1.807) is 40.3 Å². The second-order valence-electron chi connectivity index (χ2n) is 9.30. The van der Waals surface area contributed by atoms with Crippen molar-refractivity contribution in [1.29, 1.82) is 0 Å². The molecule has 0 spiro atoms. The van der Waals surface area contributed by atoms with Gasteiger partial charge in [-0.3, -0.25) is 14.7 Å². The predicted octanol–water partition coefficient (Wildman–Crippen LogP) is 4.44. The van der Waals surface area contributed by atoms with Crippen LogP contribution in [0.2, 0.25) is 5.02 Å². The molecule has 1 N–H and O–H groups in total. The molecule has 3 heterocycles. The number of urea groups is 2. The Morgan fingerprint density at radius 2 is 1.75 bits per heavy atom. The Hall–Kier alpha value is -3.91. The summed E-state index contributed by atoms with van der Waals surface area (Å²) in [4.78, 5) is 48.6. The number of anilines is 1. The van der Waals surface area contributed by atoms with E-state index in [4.69, 9.17) is 11.6 Å². The van der Waals surface area contributed by atoms with E-state index in [9.17, 15) is 14.4 Å². The van der Waals surface area contributed by atoms with Gasteiger partial charge in [0, 0.05) is 41.8 Å². The molecule has 182 valence electrons. The zero-order chi connectivity index (χ0) is 24.8. The lowest BCUT2D eigenvalue weighted by Crippen LogP contribution is -2.55. The molecule has 8 nitrogen and oxygen atoms in total. The molecular formula is C27H24ClN5O3. The highest BCUT2D eigenvalue weighted by atomic mass is 35.5. The summed E-state index contributed by atoms with van der Waals surface area (Å²) < 4.78 is 0. The van der Waals surface area contributed by atoms with E-state index in [-0.39, 0.29) is 36.5 Å². The van der Waals surface area contributed by atoms with Gasteiger partial charge in [0.2, 0.25) is 0 Å². The maximum absolute atomic E-state index is 13.3. The number of halogens is 1. The van der Waals surface area contributed by atoms with Crippen LogP contribution in [0.5, 0.6) is 0 Å². The van der Waals surface area contributed by atoms with Crippen LogP contribution in [0, 0.1) is 0 Å². The number of hydrogen-bond acceptors (Lipinski definition) is 4. The number of piperazine rings is 1. The average molecular weight is 502 g/mol. The molecular weight excluding hydrogens is 478 g/mol. The Morgan fingerprint density at radius 3 is 2.53 bits per heavy atom. The van der Waals surface area contributed by atoms with Crippen molar-refractivity contribution < 1.29 is 14.4 Å². The standard InChI is InChI=1S/C27H24ClN5O3/c28-19-10-8-18(9-11-19)24-21(7-4-12-29-24)30-26(35)31-13-14-32-23(16-31)25(34)33(27(32)36)22-15-20(22)17-5-2-1-3-6-17/h1-12,20,22-23H,13-16H2,(H,30,35). The van der Waals surface area contributed by atoms with Crippen molar-refractivity contribution in [3.8, 4) is 11.3 Å². The van der Waals surface area contributed by atoms with E-state index in [0.29, 0.717) is 29.5 Å². The number of amides is 5. The molecule has 9 heteroatoms.